The Morgan fingerprint density at radius 2 is 2.04 bits per heavy atom. The summed E-state index contributed by atoms with van der Waals surface area (Å²) in [6.45, 7) is 0.972. The topological polar surface area (TPSA) is 42.4 Å². The number of amides is 1. The second-order valence-electron chi connectivity index (χ2n) is 6.91. The van der Waals surface area contributed by atoms with Gasteiger partial charge in [0, 0.05) is 12.7 Å². The molecule has 0 N–H and O–H groups in total. The van der Waals surface area contributed by atoms with Gasteiger partial charge in [0.15, 0.2) is 0 Å². The van der Waals surface area contributed by atoms with Gasteiger partial charge < -0.3 is 9.64 Å². The summed E-state index contributed by atoms with van der Waals surface area (Å²) in [4.78, 5) is 18.3. The van der Waals surface area contributed by atoms with E-state index in [0.29, 0.717) is 18.4 Å². The van der Waals surface area contributed by atoms with Crippen LogP contribution in [0.3, 0.4) is 0 Å². The van der Waals surface area contributed by atoms with Gasteiger partial charge in [-0.3, -0.25) is 0 Å². The Labute approximate surface area is 146 Å². The Kier molecular flexibility index (Phi) is 4.38. The highest BCUT2D eigenvalue weighted by Crippen LogP contribution is 2.49. The van der Waals surface area contributed by atoms with Gasteiger partial charge in [0.25, 0.3) is 0 Å². The zero-order chi connectivity index (χ0) is 17.2. The number of hydrogen-bond donors (Lipinski definition) is 0. The molecule has 0 bridgehead atoms. The molecule has 1 aliphatic carbocycles. The van der Waals surface area contributed by atoms with E-state index in [2.05, 4.69) is 4.98 Å². The van der Waals surface area contributed by atoms with Gasteiger partial charge in [0.05, 0.1) is 6.04 Å². The minimum absolute atomic E-state index is 0.0659. The second kappa shape index (κ2) is 6.82. The second-order valence-corrected chi connectivity index (χ2v) is 6.91. The molecule has 0 spiro atoms. The van der Waals surface area contributed by atoms with Gasteiger partial charge in [-0.1, -0.05) is 42.8 Å². The summed E-state index contributed by atoms with van der Waals surface area (Å²) in [7, 11) is 0. The molecule has 3 atom stereocenters. The van der Waals surface area contributed by atoms with E-state index >= 15 is 0 Å². The maximum atomic E-state index is 13.2. The molecule has 1 amide bonds. The van der Waals surface area contributed by atoms with Crippen LogP contribution in [0.1, 0.15) is 36.4 Å². The number of carbonyl (C=O) groups is 1. The molecule has 1 aliphatic heterocycles. The number of carbonyl (C=O) groups excluding carboxylic acids is 1. The van der Waals surface area contributed by atoms with Crippen LogP contribution in [0.15, 0.2) is 48.7 Å². The molecule has 5 heteroatoms. The van der Waals surface area contributed by atoms with Crippen LogP contribution in [0, 0.1) is 17.8 Å². The van der Waals surface area contributed by atoms with Crippen molar-refractivity contribution in [3.63, 3.8) is 0 Å². The fourth-order valence-electron chi connectivity index (χ4n) is 4.28. The fourth-order valence-corrected chi connectivity index (χ4v) is 4.28. The zero-order valence-corrected chi connectivity index (χ0v) is 14.0. The maximum absolute atomic E-state index is 13.2. The minimum Gasteiger partial charge on any atom is -0.445 e. The molecule has 2 heterocycles. The first-order valence-electron chi connectivity index (χ1n) is 8.81. The molecule has 1 saturated carbocycles. The minimum atomic E-state index is -0.497. The summed E-state index contributed by atoms with van der Waals surface area (Å²) in [5.74, 6) is 0.416. The number of pyridine rings is 1. The molecule has 2 aliphatic rings. The highest BCUT2D eigenvalue weighted by atomic mass is 19.1. The molecule has 4 nitrogen and oxygen atoms in total. The third-order valence-corrected chi connectivity index (χ3v) is 5.42. The molecule has 1 aromatic heterocycles. The lowest BCUT2D eigenvalue weighted by atomic mass is 9.90. The summed E-state index contributed by atoms with van der Waals surface area (Å²) >= 11 is 0. The van der Waals surface area contributed by atoms with E-state index in [0.717, 1.165) is 24.0 Å². The summed E-state index contributed by atoms with van der Waals surface area (Å²) in [5.41, 5.74) is 1.86. The fraction of sp³-hybridized carbons (Fsp3) is 0.400. The van der Waals surface area contributed by atoms with Crippen LogP contribution in [0.25, 0.3) is 0 Å². The molecule has 4 rings (SSSR count). The van der Waals surface area contributed by atoms with Crippen molar-refractivity contribution < 1.29 is 13.9 Å². The Morgan fingerprint density at radius 1 is 1.20 bits per heavy atom. The van der Waals surface area contributed by atoms with Crippen molar-refractivity contribution in [1.82, 2.24) is 9.88 Å². The van der Waals surface area contributed by atoms with Crippen LogP contribution in [-0.2, 0) is 11.3 Å². The Balaban J connectivity index is 1.52. The Morgan fingerprint density at radius 3 is 2.80 bits per heavy atom. The third-order valence-electron chi connectivity index (χ3n) is 5.42. The lowest BCUT2D eigenvalue weighted by Crippen LogP contribution is -2.33. The van der Waals surface area contributed by atoms with E-state index in [1.165, 1.54) is 12.5 Å². The number of ether oxygens (including phenoxy) is 1. The van der Waals surface area contributed by atoms with Crippen LogP contribution in [-0.4, -0.2) is 22.5 Å². The first-order valence-corrected chi connectivity index (χ1v) is 8.81. The number of fused-ring (bicyclic) bond motifs is 1. The summed E-state index contributed by atoms with van der Waals surface area (Å²) in [6.07, 6.45) is 4.67. The number of halogens is 1. The van der Waals surface area contributed by atoms with Gasteiger partial charge in [0.2, 0.25) is 5.95 Å². The highest BCUT2D eigenvalue weighted by Gasteiger charge is 2.47. The number of aromatic nitrogens is 1. The smallest absolute Gasteiger partial charge is 0.410 e. The Bertz CT molecular complexity index is 735. The van der Waals surface area contributed by atoms with E-state index in [9.17, 15) is 9.18 Å². The first-order chi connectivity index (χ1) is 12.2. The number of rotatable bonds is 3. The van der Waals surface area contributed by atoms with Crippen molar-refractivity contribution in [2.45, 2.75) is 31.9 Å². The highest BCUT2D eigenvalue weighted by molar-refractivity contribution is 5.69. The molecule has 2 aromatic rings. The lowest BCUT2D eigenvalue weighted by molar-refractivity contribution is 0.0870. The van der Waals surface area contributed by atoms with Crippen LogP contribution in [0.4, 0.5) is 9.18 Å². The van der Waals surface area contributed by atoms with Gasteiger partial charge in [-0.15, -0.1) is 0 Å². The van der Waals surface area contributed by atoms with Crippen molar-refractivity contribution in [3.8, 4) is 0 Å². The largest absolute Gasteiger partial charge is 0.445 e. The standard InChI is InChI=1S/C20H21FN2O2/c21-18-10-9-15(11-22-18)19-17-8-4-7-16(17)12-23(19)20(24)25-13-14-5-2-1-3-6-14/h1-3,5-6,9-11,16-17,19H,4,7-8,12-13H2/t16-,17-,19?/m0/s1. The SMILES string of the molecule is O=C(OCc1ccccc1)N1C[C@@H]2CCC[C@@H]2C1c1ccc(F)nc1. The van der Waals surface area contributed by atoms with Crippen molar-refractivity contribution in [3.05, 3.63) is 65.7 Å². The van der Waals surface area contributed by atoms with E-state index in [-0.39, 0.29) is 18.7 Å². The molecule has 1 saturated heterocycles. The van der Waals surface area contributed by atoms with Gasteiger partial charge in [0.1, 0.15) is 6.61 Å². The maximum Gasteiger partial charge on any atom is 0.410 e. The average molecular weight is 340 g/mol. The number of benzene rings is 1. The van der Waals surface area contributed by atoms with Crippen molar-refractivity contribution >= 4 is 6.09 Å². The van der Waals surface area contributed by atoms with Crippen LogP contribution < -0.4 is 0 Å². The molecule has 1 unspecified atom stereocenters. The molecule has 0 radical (unpaired) electrons. The van der Waals surface area contributed by atoms with E-state index in [4.69, 9.17) is 4.74 Å². The van der Waals surface area contributed by atoms with Crippen molar-refractivity contribution in [2.75, 3.05) is 6.54 Å². The first kappa shape index (κ1) is 16.1. The average Bonchev–Trinajstić information content (AvgIpc) is 3.22. The molecule has 25 heavy (non-hydrogen) atoms. The van der Waals surface area contributed by atoms with Crippen LogP contribution >= 0.6 is 0 Å². The molecular weight excluding hydrogens is 319 g/mol. The van der Waals surface area contributed by atoms with E-state index in [1.54, 1.807) is 12.3 Å². The van der Waals surface area contributed by atoms with E-state index < -0.39 is 5.95 Å². The molecular formula is C20H21FN2O2. The van der Waals surface area contributed by atoms with E-state index in [1.807, 2.05) is 35.2 Å². The number of nitrogens with zero attached hydrogens (tertiary/aromatic N) is 2. The van der Waals surface area contributed by atoms with Crippen LogP contribution in [0.5, 0.6) is 0 Å². The van der Waals surface area contributed by atoms with Crippen molar-refractivity contribution in [1.29, 1.82) is 0 Å². The third kappa shape index (κ3) is 3.23. The van der Waals surface area contributed by atoms with Crippen molar-refractivity contribution in [2.24, 2.45) is 11.8 Å². The number of likely N-dealkylation sites (tertiary alicyclic amines) is 1. The van der Waals surface area contributed by atoms with Crippen LogP contribution in [0.2, 0.25) is 0 Å². The summed E-state index contributed by atoms with van der Waals surface area (Å²) in [6, 6.07) is 12.7. The van der Waals surface area contributed by atoms with Gasteiger partial charge in [-0.2, -0.15) is 4.39 Å². The normalized spacial score (nSPS) is 25.0. The quantitative estimate of drug-likeness (QED) is 0.781. The van der Waals surface area contributed by atoms with Gasteiger partial charge >= 0.3 is 6.09 Å². The Hall–Kier alpha value is -2.43. The monoisotopic (exact) mass is 340 g/mol. The van der Waals surface area contributed by atoms with Gasteiger partial charge in [-0.25, -0.2) is 9.78 Å². The molecule has 130 valence electrons. The molecule has 1 aromatic carbocycles. The van der Waals surface area contributed by atoms with Gasteiger partial charge in [-0.05, 0) is 41.9 Å². The zero-order valence-electron chi connectivity index (χ0n) is 14.0. The summed E-state index contributed by atoms with van der Waals surface area (Å²) < 4.78 is 18.7. The predicted molar refractivity (Wildman–Crippen MR) is 91.1 cm³/mol. The summed E-state index contributed by atoms with van der Waals surface area (Å²) in [5, 5.41) is 0. The predicted octanol–water partition coefficient (Wildman–Crippen LogP) is 4.33. The lowest BCUT2D eigenvalue weighted by Gasteiger charge is -2.27. The molecule has 2 fully saturated rings. The number of hydrogen-bond acceptors (Lipinski definition) is 3.